The maximum Gasteiger partial charge on any atom is 0.326 e. The number of likely N-dealkylation sites (tertiary alicyclic amines) is 1. The van der Waals surface area contributed by atoms with Crippen molar-refractivity contribution in [2.75, 3.05) is 31.6 Å². The lowest BCUT2D eigenvalue weighted by Gasteiger charge is -2.29. The molecule has 0 aliphatic carbocycles. The van der Waals surface area contributed by atoms with E-state index in [1.54, 1.807) is 11.8 Å². The summed E-state index contributed by atoms with van der Waals surface area (Å²) in [4.78, 5) is 26.2. The number of carbonyl (C=O) groups is 2. The van der Waals surface area contributed by atoms with E-state index in [0.717, 1.165) is 44.6 Å². The second-order valence-corrected chi connectivity index (χ2v) is 7.84. The molecule has 0 unspecified atom stereocenters. The van der Waals surface area contributed by atoms with Crippen molar-refractivity contribution in [3.8, 4) is 0 Å². The first-order valence-corrected chi connectivity index (χ1v) is 10.5. The largest absolute Gasteiger partial charge is 0.480 e. The van der Waals surface area contributed by atoms with E-state index in [4.69, 9.17) is 0 Å². The molecule has 2 saturated heterocycles. The molecule has 0 saturated carbocycles. The predicted molar refractivity (Wildman–Crippen MR) is 97.3 cm³/mol. The first kappa shape index (κ1) is 19.5. The van der Waals surface area contributed by atoms with Crippen LogP contribution in [-0.2, 0) is 9.59 Å². The summed E-state index contributed by atoms with van der Waals surface area (Å²) in [7, 11) is 0. The molecular weight excluding hydrogens is 326 g/mol. The van der Waals surface area contributed by atoms with Gasteiger partial charge in [0.2, 0.25) is 5.91 Å². The van der Waals surface area contributed by atoms with Crippen LogP contribution in [0, 0.1) is 5.92 Å². The zero-order valence-corrected chi connectivity index (χ0v) is 15.6. The second kappa shape index (κ2) is 9.63. The van der Waals surface area contributed by atoms with Gasteiger partial charge in [-0.05, 0) is 56.7 Å². The molecular formula is C17H31N3O3S. The maximum atomic E-state index is 12.6. The molecule has 0 aromatic carbocycles. The van der Waals surface area contributed by atoms with Gasteiger partial charge in [-0.15, -0.1) is 0 Å². The first-order chi connectivity index (χ1) is 11.6. The monoisotopic (exact) mass is 357 g/mol. The molecule has 4 atom stereocenters. The molecule has 2 aliphatic rings. The van der Waals surface area contributed by atoms with Crippen LogP contribution < -0.4 is 10.6 Å². The molecule has 138 valence electrons. The number of nitrogens with one attached hydrogen (secondary N) is 2. The van der Waals surface area contributed by atoms with Crippen LogP contribution in [0.2, 0.25) is 0 Å². The van der Waals surface area contributed by atoms with Crippen LogP contribution in [0.1, 0.15) is 39.0 Å². The van der Waals surface area contributed by atoms with Crippen molar-refractivity contribution in [3.05, 3.63) is 0 Å². The molecule has 2 heterocycles. The Morgan fingerprint density at radius 2 is 2.21 bits per heavy atom. The first-order valence-electron chi connectivity index (χ1n) is 9.06. The lowest BCUT2D eigenvalue weighted by Crippen LogP contribution is -2.52. The number of hydrogen-bond donors (Lipinski definition) is 3. The molecule has 0 radical (unpaired) electrons. The summed E-state index contributed by atoms with van der Waals surface area (Å²) in [6.07, 6.45) is 6.61. The van der Waals surface area contributed by atoms with Gasteiger partial charge in [-0.1, -0.05) is 13.3 Å². The van der Waals surface area contributed by atoms with Crippen LogP contribution in [0.25, 0.3) is 0 Å². The number of hydrogen-bond acceptors (Lipinski definition) is 5. The fourth-order valence-corrected chi connectivity index (χ4v) is 4.35. The van der Waals surface area contributed by atoms with Gasteiger partial charge in [-0.25, -0.2) is 4.79 Å². The lowest BCUT2D eigenvalue weighted by molar-refractivity contribution is -0.142. The summed E-state index contributed by atoms with van der Waals surface area (Å²) in [5, 5.41) is 15.6. The standard InChI is InChI=1S/C17H31N3O3S/c1-3-12-6-8-18-14(12)11-20-9-4-5-15(20)16(21)19-13(17(22)23)7-10-24-2/h12-15,18H,3-11H2,1-2H3,(H,19,21)(H,22,23)/t12-,13-,14+,15-/m0/s1. The molecule has 0 aromatic heterocycles. The van der Waals surface area contributed by atoms with Crippen LogP contribution in [0.5, 0.6) is 0 Å². The van der Waals surface area contributed by atoms with Crippen molar-refractivity contribution in [2.24, 2.45) is 5.92 Å². The second-order valence-electron chi connectivity index (χ2n) is 6.85. The zero-order valence-electron chi connectivity index (χ0n) is 14.8. The SMILES string of the molecule is CC[C@H]1CCN[C@@H]1CN1CCC[C@H]1C(=O)N[C@@H](CCSC)C(=O)O. The molecule has 2 fully saturated rings. The highest BCUT2D eigenvalue weighted by Crippen LogP contribution is 2.24. The molecule has 7 heteroatoms. The molecule has 6 nitrogen and oxygen atoms in total. The summed E-state index contributed by atoms with van der Waals surface area (Å²) in [6, 6.07) is -0.503. The fourth-order valence-electron chi connectivity index (χ4n) is 3.88. The Morgan fingerprint density at radius 1 is 1.42 bits per heavy atom. The van der Waals surface area contributed by atoms with Crippen molar-refractivity contribution >= 4 is 23.6 Å². The van der Waals surface area contributed by atoms with Crippen LogP contribution in [-0.4, -0.2) is 71.7 Å². The molecule has 3 N–H and O–H groups in total. The van der Waals surface area contributed by atoms with Crippen molar-refractivity contribution in [2.45, 2.75) is 57.2 Å². The van der Waals surface area contributed by atoms with Gasteiger partial charge in [-0.3, -0.25) is 9.69 Å². The van der Waals surface area contributed by atoms with Crippen LogP contribution in [0.3, 0.4) is 0 Å². The minimum Gasteiger partial charge on any atom is -0.480 e. The Morgan fingerprint density at radius 3 is 2.88 bits per heavy atom. The quantitative estimate of drug-likeness (QED) is 0.575. The number of nitrogens with zero attached hydrogens (tertiary/aromatic N) is 1. The van der Waals surface area contributed by atoms with Gasteiger partial charge in [0.25, 0.3) is 0 Å². The van der Waals surface area contributed by atoms with Crippen LogP contribution >= 0.6 is 11.8 Å². The van der Waals surface area contributed by atoms with Gasteiger partial charge in [0.05, 0.1) is 6.04 Å². The third-order valence-corrected chi connectivity index (χ3v) is 5.98. The number of thioether (sulfide) groups is 1. The Balaban J connectivity index is 1.91. The normalized spacial score (nSPS) is 28.8. The summed E-state index contributed by atoms with van der Waals surface area (Å²) < 4.78 is 0. The molecule has 0 bridgehead atoms. The van der Waals surface area contributed by atoms with E-state index in [1.165, 1.54) is 6.42 Å². The van der Waals surface area contributed by atoms with Gasteiger partial charge >= 0.3 is 5.97 Å². The average Bonchev–Trinajstić information content (AvgIpc) is 3.20. The fraction of sp³-hybridized carbons (Fsp3) is 0.882. The highest BCUT2D eigenvalue weighted by atomic mass is 32.2. The summed E-state index contributed by atoms with van der Waals surface area (Å²) in [5.74, 6) is 0.357. The number of carbonyl (C=O) groups excluding carboxylic acids is 1. The Bertz CT molecular complexity index is 435. The third kappa shape index (κ3) is 5.10. The van der Waals surface area contributed by atoms with Gasteiger partial charge in [-0.2, -0.15) is 11.8 Å². The molecule has 0 aromatic rings. The van der Waals surface area contributed by atoms with Crippen molar-refractivity contribution in [3.63, 3.8) is 0 Å². The Kier molecular flexibility index (Phi) is 7.84. The molecule has 2 rings (SSSR count). The smallest absolute Gasteiger partial charge is 0.326 e. The summed E-state index contributed by atoms with van der Waals surface area (Å²) >= 11 is 1.60. The van der Waals surface area contributed by atoms with Gasteiger partial charge in [0, 0.05) is 12.6 Å². The number of rotatable bonds is 9. The van der Waals surface area contributed by atoms with E-state index in [0.29, 0.717) is 18.4 Å². The van der Waals surface area contributed by atoms with Crippen molar-refractivity contribution < 1.29 is 14.7 Å². The van der Waals surface area contributed by atoms with E-state index in [2.05, 4.69) is 22.5 Å². The van der Waals surface area contributed by atoms with Gasteiger partial charge in [0.1, 0.15) is 6.04 Å². The predicted octanol–water partition coefficient (Wildman–Crippen LogP) is 1.16. The van der Waals surface area contributed by atoms with Gasteiger partial charge < -0.3 is 15.7 Å². The highest BCUT2D eigenvalue weighted by molar-refractivity contribution is 7.98. The van der Waals surface area contributed by atoms with E-state index >= 15 is 0 Å². The Hall–Kier alpha value is -0.790. The highest BCUT2D eigenvalue weighted by Gasteiger charge is 2.36. The Labute approximate surface area is 149 Å². The lowest BCUT2D eigenvalue weighted by atomic mass is 9.97. The topological polar surface area (TPSA) is 81.7 Å². The summed E-state index contributed by atoms with van der Waals surface area (Å²) in [6.45, 7) is 5.10. The number of amides is 1. The van der Waals surface area contributed by atoms with E-state index in [9.17, 15) is 14.7 Å². The third-order valence-electron chi connectivity index (χ3n) is 5.34. The average molecular weight is 358 g/mol. The molecule has 0 spiro atoms. The van der Waals surface area contributed by atoms with E-state index in [-0.39, 0.29) is 11.9 Å². The van der Waals surface area contributed by atoms with Crippen LogP contribution in [0.15, 0.2) is 0 Å². The minimum absolute atomic E-state index is 0.118. The van der Waals surface area contributed by atoms with Crippen molar-refractivity contribution in [1.82, 2.24) is 15.5 Å². The molecule has 1 amide bonds. The van der Waals surface area contributed by atoms with E-state index < -0.39 is 12.0 Å². The summed E-state index contributed by atoms with van der Waals surface area (Å²) in [5.41, 5.74) is 0. The van der Waals surface area contributed by atoms with Crippen molar-refractivity contribution in [1.29, 1.82) is 0 Å². The number of carboxylic acid groups (broad SMARTS) is 1. The van der Waals surface area contributed by atoms with Crippen LogP contribution in [0.4, 0.5) is 0 Å². The molecule has 2 aliphatic heterocycles. The van der Waals surface area contributed by atoms with Gasteiger partial charge in [0.15, 0.2) is 0 Å². The van der Waals surface area contributed by atoms with E-state index in [1.807, 2.05) is 6.26 Å². The minimum atomic E-state index is -0.939. The molecule has 24 heavy (non-hydrogen) atoms. The zero-order chi connectivity index (χ0) is 17.5. The number of aliphatic carboxylic acids is 1. The number of carboxylic acids is 1. The maximum absolute atomic E-state index is 12.6.